The molecule has 0 atom stereocenters. The fraction of sp³-hybridized carbons (Fsp3) is 0.529. The molecular formula is C17H23NO4. The summed E-state index contributed by atoms with van der Waals surface area (Å²) >= 11 is 0. The topological polar surface area (TPSA) is 66.8 Å². The van der Waals surface area contributed by atoms with Gasteiger partial charge in [-0.25, -0.2) is 4.79 Å². The number of amides is 1. The van der Waals surface area contributed by atoms with Gasteiger partial charge in [-0.1, -0.05) is 0 Å². The smallest absolute Gasteiger partial charge is 0.412 e. The number of benzene rings is 1. The summed E-state index contributed by atoms with van der Waals surface area (Å²) in [4.78, 5) is 25.6. The van der Waals surface area contributed by atoms with Gasteiger partial charge in [0.25, 0.3) is 0 Å². The van der Waals surface area contributed by atoms with Gasteiger partial charge in [0, 0.05) is 5.54 Å². The molecule has 1 aromatic rings. The van der Waals surface area contributed by atoms with Crippen LogP contribution in [0.3, 0.4) is 0 Å². The standard InChI is InChI=1S/C17H23NO4/c1-9-8-11-12(14(19)17(6,7)22-11)10(2)13(9)18(15(20)21)16(3,4)5/h8H,1-7H3,(H,20,21). The minimum absolute atomic E-state index is 0.111. The zero-order valence-corrected chi connectivity index (χ0v) is 14.2. The van der Waals surface area contributed by atoms with E-state index in [0.29, 0.717) is 22.6 Å². The quantitative estimate of drug-likeness (QED) is 0.853. The SMILES string of the molecule is Cc1cc2c(c(C)c1N(C(=O)O)C(C)(C)C)C(=O)C(C)(C)O2. The van der Waals surface area contributed by atoms with E-state index in [1.54, 1.807) is 26.8 Å². The Balaban J connectivity index is 2.74. The third kappa shape index (κ3) is 2.34. The highest BCUT2D eigenvalue weighted by Gasteiger charge is 2.43. The minimum Gasteiger partial charge on any atom is -0.479 e. The van der Waals surface area contributed by atoms with Crippen LogP contribution in [0.15, 0.2) is 6.07 Å². The molecule has 5 heteroatoms. The van der Waals surface area contributed by atoms with E-state index in [1.807, 2.05) is 27.7 Å². The van der Waals surface area contributed by atoms with Crippen molar-refractivity contribution in [1.29, 1.82) is 0 Å². The van der Waals surface area contributed by atoms with E-state index < -0.39 is 17.2 Å². The van der Waals surface area contributed by atoms with Crippen LogP contribution in [0.1, 0.15) is 56.1 Å². The first-order valence-electron chi connectivity index (χ1n) is 7.29. The highest BCUT2D eigenvalue weighted by molar-refractivity contribution is 6.10. The normalized spacial score (nSPS) is 16.2. The zero-order chi connectivity index (χ0) is 17.0. The molecule has 1 aliphatic heterocycles. The fourth-order valence-electron chi connectivity index (χ4n) is 2.98. The van der Waals surface area contributed by atoms with Crippen LogP contribution in [0.25, 0.3) is 0 Å². The molecule has 1 amide bonds. The number of anilines is 1. The van der Waals surface area contributed by atoms with Crippen LogP contribution in [0.5, 0.6) is 5.75 Å². The second-order valence-corrected chi connectivity index (χ2v) is 7.27. The van der Waals surface area contributed by atoms with Gasteiger partial charge >= 0.3 is 6.09 Å². The summed E-state index contributed by atoms with van der Waals surface area (Å²) in [6.45, 7) is 12.6. The Hall–Kier alpha value is -2.04. The van der Waals surface area contributed by atoms with Gasteiger partial charge in [0.2, 0.25) is 5.78 Å². The fourth-order valence-corrected chi connectivity index (χ4v) is 2.98. The summed E-state index contributed by atoms with van der Waals surface area (Å²) in [5.41, 5.74) is 0.957. The van der Waals surface area contributed by atoms with Crippen LogP contribution in [0.4, 0.5) is 10.5 Å². The molecule has 1 aromatic carbocycles. The molecule has 120 valence electrons. The van der Waals surface area contributed by atoms with Crippen LogP contribution in [-0.2, 0) is 0 Å². The number of carbonyl (C=O) groups is 2. The minimum atomic E-state index is -1.04. The van der Waals surface area contributed by atoms with Crippen LogP contribution in [0.2, 0.25) is 0 Å². The van der Waals surface area contributed by atoms with Gasteiger partial charge in [-0.3, -0.25) is 9.69 Å². The number of hydrogen-bond acceptors (Lipinski definition) is 3. The maximum absolute atomic E-state index is 12.6. The number of hydrogen-bond donors (Lipinski definition) is 1. The maximum Gasteiger partial charge on any atom is 0.412 e. The third-order valence-corrected chi connectivity index (χ3v) is 3.92. The number of rotatable bonds is 1. The predicted molar refractivity (Wildman–Crippen MR) is 85.2 cm³/mol. The summed E-state index contributed by atoms with van der Waals surface area (Å²) in [5.74, 6) is 0.425. The summed E-state index contributed by atoms with van der Waals surface area (Å²) in [5, 5.41) is 9.64. The number of nitrogens with zero attached hydrogens (tertiary/aromatic N) is 1. The molecule has 5 nitrogen and oxygen atoms in total. The molecule has 0 fully saturated rings. The Kier molecular flexibility index (Phi) is 3.51. The Bertz CT molecular complexity index is 668. The first-order valence-corrected chi connectivity index (χ1v) is 7.29. The van der Waals surface area contributed by atoms with E-state index in [2.05, 4.69) is 0 Å². The molecule has 0 aromatic heterocycles. The van der Waals surface area contributed by atoms with Gasteiger partial charge in [-0.15, -0.1) is 0 Å². The largest absolute Gasteiger partial charge is 0.479 e. The Morgan fingerprint density at radius 3 is 2.27 bits per heavy atom. The van der Waals surface area contributed by atoms with E-state index in [4.69, 9.17) is 4.74 Å². The number of ether oxygens (including phenoxy) is 1. The van der Waals surface area contributed by atoms with Crippen molar-refractivity contribution in [1.82, 2.24) is 0 Å². The van der Waals surface area contributed by atoms with Crippen molar-refractivity contribution in [3.8, 4) is 5.75 Å². The third-order valence-electron chi connectivity index (χ3n) is 3.92. The number of fused-ring (bicyclic) bond motifs is 1. The van der Waals surface area contributed by atoms with Crippen molar-refractivity contribution in [3.63, 3.8) is 0 Å². The summed E-state index contributed by atoms with van der Waals surface area (Å²) in [6, 6.07) is 1.76. The molecular weight excluding hydrogens is 282 g/mol. The molecule has 0 bridgehead atoms. The lowest BCUT2D eigenvalue weighted by Gasteiger charge is -2.35. The maximum atomic E-state index is 12.6. The van der Waals surface area contributed by atoms with Crippen LogP contribution >= 0.6 is 0 Å². The average molecular weight is 305 g/mol. The van der Waals surface area contributed by atoms with E-state index in [1.165, 1.54) is 4.90 Å². The van der Waals surface area contributed by atoms with Crippen molar-refractivity contribution in [3.05, 3.63) is 22.8 Å². The number of carboxylic acid groups (broad SMARTS) is 1. The van der Waals surface area contributed by atoms with Crippen molar-refractivity contribution in [2.75, 3.05) is 4.90 Å². The lowest BCUT2D eigenvalue weighted by Crippen LogP contribution is -2.46. The van der Waals surface area contributed by atoms with Crippen molar-refractivity contribution >= 4 is 17.6 Å². The Morgan fingerprint density at radius 1 is 1.27 bits per heavy atom. The van der Waals surface area contributed by atoms with Gasteiger partial charge in [0.15, 0.2) is 5.60 Å². The summed E-state index contributed by atoms with van der Waals surface area (Å²) in [6.07, 6.45) is -1.04. The van der Waals surface area contributed by atoms with Gasteiger partial charge < -0.3 is 9.84 Å². The predicted octanol–water partition coefficient (Wildman–Crippen LogP) is 3.94. The molecule has 2 rings (SSSR count). The van der Waals surface area contributed by atoms with Crippen molar-refractivity contribution in [2.45, 2.75) is 59.6 Å². The van der Waals surface area contributed by atoms with Crippen LogP contribution in [0, 0.1) is 13.8 Å². The number of Topliss-reactive ketones (excluding diaryl/α,β-unsaturated/α-hetero) is 1. The molecule has 0 radical (unpaired) electrons. The number of ketones is 1. The van der Waals surface area contributed by atoms with E-state index >= 15 is 0 Å². The lowest BCUT2D eigenvalue weighted by atomic mass is 9.92. The summed E-state index contributed by atoms with van der Waals surface area (Å²) in [7, 11) is 0. The number of aryl methyl sites for hydroxylation is 1. The molecule has 0 aliphatic carbocycles. The molecule has 1 aliphatic rings. The van der Waals surface area contributed by atoms with E-state index in [0.717, 1.165) is 5.56 Å². The number of carbonyl (C=O) groups excluding carboxylic acids is 1. The second-order valence-electron chi connectivity index (χ2n) is 7.27. The molecule has 22 heavy (non-hydrogen) atoms. The molecule has 0 saturated carbocycles. The summed E-state index contributed by atoms with van der Waals surface area (Å²) < 4.78 is 5.73. The van der Waals surface area contributed by atoms with Gasteiger partial charge in [-0.05, 0) is 65.7 Å². The van der Waals surface area contributed by atoms with Gasteiger partial charge in [0.1, 0.15) is 5.75 Å². The van der Waals surface area contributed by atoms with Crippen LogP contribution < -0.4 is 9.64 Å². The average Bonchev–Trinajstić information content (AvgIpc) is 2.52. The molecule has 1 N–H and O–H groups in total. The molecule has 0 saturated heterocycles. The Morgan fingerprint density at radius 2 is 1.82 bits per heavy atom. The van der Waals surface area contributed by atoms with Gasteiger partial charge in [0.05, 0.1) is 11.3 Å². The zero-order valence-electron chi connectivity index (χ0n) is 14.2. The Labute approximate surface area is 130 Å². The van der Waals surface area contributed by atoms with Crippen molar-refractivity contribution < 1.29 is 19.4 Å². The molecule has 0 unspecified atom stereocenters. The van der Waals surface area contributed by atoms with Crippen molar-refractivity contribution in [2.24, 2.45) is 0 Å². The first kappa shape index (κ1) is 16.3. The highest BCUT2D eigenvalue weighted by Crippen LogP contribution is 2.43. The van der Waals surface area contributed by atoms with E-state index in [-0.39, 0.29) is 5.78 Å². The second kappa shape index (κ2) is 4.73. The molecule has 0 spiro atoms. The lowest BCUT2D eigenvalue weighted by molar-refractivity contribution is 0.0684. The molecule has 1 heterocycles. The van der Waals surface area contributed by atoms with E-state index in [9.17, 15) is 14.7 Å². The van der Waals surface area contributed by atoms with Crippen LogP contribution in [-0.4, -0.2) is 28.1 Å². The first-order chi connectivity index (χ1) is 9.88. The van der Waals surface area contributed by atoms with Gasteiger partial charge in [-0.2, -0.15) is 0 Å². The highest BCUT2D eigenvalue weighted by atomic mass is 16.5. The monoisotopic (exact) mass is 305 g/mol.